The van der Waals surface area contributed by atoms with Gasteiger partial charge >= 0.3 is 0 Å². The number of aromatic nitrogens is 2. The minimum absolute atomic E-state index is 0.0512. The fourth-order valence-electron chi connectivity index (χ4n) is 2.43. The average Bonchev–Trinajstić information content (AvgIpc) is 3.18. The third kappa shape index (κ3) is 3.08. The van der Waals surface area contributed by atoms with Gasteiger partial charge in [-0.1, -0.05) is 17.8 Å². The summed E-state index contributed by atoms with van der Waals surface area (Å²) < 4.78 is 1.90. The minimum atomic E-state index is -0.0512. The maximum atomic E-state index is 12.1. The Hall–Kier alpha value is -2.51. The van der Waals surface area contributed by atoms with Crippen molar-refractivity contribution in [3.05, 3.63) is 48.7 Å². The summed E-state index contributed by atoms with van der Waals surface area (Å²) in [5, 5.41) is 4.04. The number of benzene rings is 2. The van der Waals surface area contributed by atoms with Gasteiger partial charge < -0.3 is 16.0 Å². The van der Waals surface area contributed by atoms with Gasteiger partial charge in [-0.05, 0) is 41.8 Å². The molecule has 2 aromatic carbocycles. The number of carbonyl (C=O) groups is 1. The Bertz CT molecular complexity index is 1040. The predicted molar refractivity (Wildman–Crippen MR) is 102 cm³/mol. The smallest absolute Gasteiger partial charge is 0.234 e. The van der Waals surface area contributed by atoms with Gasteiger partial charge in [0.25, 0.3) is 0 Å². The van der Waals surface area contributed by atoms with Crippen LogP contribution in [0, 0.1) is 0 Å². The number of rotatable bonds is 4. The van der Waals surface area contributed by atoms with Crippen molar-refractivity contribution in [2.75, 3.05) is 16.8 Å². The van der Waals surface area contributed by atoms with Crippen LogP contribution < -0.4 is 11.1 Å². The second kappa shape index (κ2) is 6.18. The summed E-state index contributed by atoms with van der Waals surface area (Å²) in [7, 11) is 0. The van der Waals surface area contributed by atoms with Crippen LogP contribution in [0.1, 0.15) is 0 Å². The van der Waals surface area contributed by atoms with Crippen molar-refractivity contribution in [2.24, 2.45) is 0 Å². The summed E-state index contributed by atoms with van der Waals surface area (Å²) in [6, 6.07) is 13.4. The van der Waals surface area contributed by atoms with Crippen LogP contribution in [0.4, 0.5) is 11.4 Å². The minimum Gasteiger partial charge on any atom is -0.399 e. The number of amides is 1. The van der Waals surface area contributed by atoms with Crippen molar-refractivity contribution < 1.29 is 4.79 Å². The van der Waals surface area contributed by atoms with Gasteiger partial charge in [0.1, 0.15) is 0 Å². The van der Waals surface area contributed by atoms with E-state index >= 15 is 0 Å². The lowest BCUT2D eigenvalue weighted by Crippen LogP contribution is -2.13. The van der Waals surface area contributed by atoms with E-state index in [1.807, 2.05) is 48.7 Å². The molecule has 4 rings (SSSR count). The summed E-state index contributed by atoms with van der Waals surface area (Å²) in [6.07, 6.45) is 1.88. The molecule has 0 aliphatic heterocycles. The number of hydrogen-bond acceptors (Lipinski definition) is 5. The van der Waals surface area contributed by atoms with E-state index in [-0.39, 0.29) is 5.91 Å². The van der Waals surface area contributed by atoms with Crippen LogP contribution in [-0.2, 0) is 4.79 Å². The summed E-state index contributed by atoms with van der Waals surface area (Å²) in [5.41, 5.74) is 9.20. The van der Waals surface area contributed by atoms with Crippen LogP contribution in [-0.4, -0.2) is 21.6 Å². The van der Waals surface area contributed by atoms with Crippen LogP contribution in [0.3, 0.4) is 0 Å². The lowest BCUT2D eigenvalue weighted by atomic mass is 10.2. The SMILES string of the molecule is Nc1ccc2nc(SCC(=O)Nc3ccc4cc[nH]c4c3)sc2c1. The Morgan fingerprint density at radius 1 is 1.25 bits per heavy atom. The Balaban J connectivity index is 1.41. The van der Waals surface area contributed by atoms with E-state index in [4.69, 9.17) is 5.73 Å². The zero-order valence-corrected chi connectivity index (χ0v) is 14.2. The van der Waals surface area contributed by atoms with E-state index in [0.29, 0.717) is 5.75 Å². The Morgan fingerprint density at radius 3 is 3.08 bits per heavy atom. The number of hydrogen-bond donors (Lipinski definition) is 3. The van der Waals surface area contributed by atoms with Crippen LogP contribution in [0.25, 0.3) is 21.1 Å². The molecule has 120 valence electrons. The van der Waals surface area contributed by atoms with Gasteiger partial charge in [0.05, 0.1) is 16.0 Å². The molecule has 7 heteroatoms. The molecule has 0 unspecified atom stereocenters. The van der Waals surface area contributed by atoms with Crippen LogP contribution >= 0.6 is 23.1 Å². The molecular weight excluding hydrogens is 340 g/mol. The number of thiazole rings is 1. The molecule has 5 nitrogen and oxygen atoms in total. The fourth-order valence-corrected chi connectivity index (χ4v) is 4.35. The van der Waals surface area contributed by atoms with E-state index in [1.54, 1.807) is 11.3 Å². The van der Waals surface area contributed by atoms with Crippen molar-refractivity contribution in [1.82, 2.24) is 9.97 Å². The highest BCUT2D eigenvalue weighted by Crippen LogP contribution is 2.30. The monoisotopic (exact) mass is 354 g/mol. The van der Waals surface area contributed by atoms with E-state index < -0.39 is 0 Å². The molecular formula is C17H14N4OS2. The first-order valence-electron chi connectivity index (χ1n) is 7.33. The highest BCUT2D eigenvalue weighted by atomic mass is 32.2. The van der Waals surface area contributed by atoms with Gasteiger partial charge in [-0.15, -0.1) is 11.3 Å². The summed E-state index contributed by atoms with van der Waals surface area (Å²) >= 11 is 2.98. The largest absolute Gasteiger partial charge is 0.399 e. The van der Waals surface area contributed by atoms with Crippen molar-refractivity contribution in [3.8, 4) is 0 Å². The third-order valence-electron chi connectivity index (χ3n) is 3.56. The number of nitrogen functional groups attached to an aromatic ring is 1. The molecule has 0 radical (unpaired) electrons. The Morgan fingerprint density at radius 2 is 2.17 bits per heavy atom. The number of fused-ring (bicyclic) bond motifs is 2. The van der Waals surface area contributed by atoms with Crippen LogP contribution in [0.15, 0.2) is 53.0 Å². The molecule has 2 heterocycles. The highest BCUT2D eigenvalue weighted by Gasteiger charge is 2.09. The van der Waals surface area contributed by atoms with E-state index in [0.717, 1.165) is 36.8 Å². The number of nitrogens with one attached hydrogen (secondary N) is 2. The number of carbonyl (C=O) groups excluding carboxylic acids is 1. The van der Waals surface area contributed by atoms with E-state index in [1.165, 1.54) is 11.8 Å². The number of anilines is 2. The van der Waals surface area contributed by atoms with Crippen LogP contribution in [0.2, 0.25) is 0 Å². The van der Waals surface area contributed by atoms with Gasteiger partial charge in [0, 0.05) is 23.1 Å². The van der Waals surface area contributed by atoms with Crippen molar-refractivity contribution in [1.29, 1.82) is 0 Å². The first kappa shape index (κ1) is 15.0. The molecule has 2 aromatic heterocycles. The van der Waals surface area contributed by atoms with Crippen LogP contribution in [0.5, 0.6) is 0 Å². The second-order valence-corrected chi connectivity index (χ2v) is 7.58. The summed E-state index contributed by atoms with van der Waals surface area (Å²) in [4.78, 5) is 19.8. The number of H-pyrrole nitrogens is 1. The number of aromatic amines is 1. The molecule has 0 aliphatic carbocycles. The highest BCUT2D eigenvalue weighted by molar-refractivity contribution is 8.01. The Kier molecular flexibility index (Phi) is 3.87. The number of nitrogens with two attached hydrogens (primary N) is 1. The normalized spacial score (nSPS) is 11.2. The summed E-state index contributed by atoms with van der Waals surface area (Å²) in [5.74, 6) is 0.266. The topological polar surface area (TPSA) is 83.8 Å². The first-order chi connectivity index (χ1) is 11.7. The fraction of sp³-hybridized carbons (Fsp3) is 0.0588. The third-order valence-corrected chi connectivity index (χ3v) is 5.72. The van der Waals surface area contributed by atoms with Gasteiger partial charge in [-0.3, -0.25) is 4.79 Å². The molecule has 0 fully saturated rings. The van der Waals surface area contributed by atoms with Gasteiger partial charge in [-0.25, -0.2) is 4.98 Å². The van der Waals surface area contributed by atoms with Crippen molar-refractivity contribution in [2.45, 2.75) is 4.34 Å². The number of nitrogens with zero attached hydrogens (tertiary/aromatic N) is 1. The Labute approximate surface area is 146 Å². The quantitative estimate of drug-likeness (QED) is 0.381. The summed E-state index contributed by atoms with van der Waals surface area (Å²) in [6.45, 7) is 0. The molecule has 0 saturated heterocycles. The lowest BCUT2D eigenvalue weighted by Gasteiger charge is -2.04. The lowest BCUT2D eigenvalue weighted by molar-refractivity contribution is -0.113. The van der Waals surface area contributed by atoms with Gasteiger partial charge in [0.15, 0.2) is 4.34 Å². The van der Waals surface area contributed by atoms with Gasteiger partial charge in [0.2, 0.25) is 5.91 Å². The predicted octanol–water partition coefficient (Wildman–Crippen LogP) is 4.09. The molecule has 1 amide bonds. The second-order valence-electron chi connectivity index (χ2n) is 5.32. The molecule has 0 spiro atoms. The zero-order valence-electron chi connectivity index (χ0n) is 12.6. The first-order valence-corrected chi connectivity index (χ1v) is 9.13. The average molecular weight is 354 g/mol. The van der Waals surface area contributed by atoms with E-state index in [2.05, 4.69) is 15.3 Å². The molecule has 0 saturated carbocycles. The molecule has 4 N–H and O–H groups in total. The molecule has 4 aromatic rings. The molecule has 0 atom stereocenters. The molecule has 0 bridgehead atoms. The maximum absolute atomic E-state index is 12.1. The van der Waals surface area contributed by atoms with Gasteiger partial charge in [-0.2, -0.15) is 0 Å². The maximum Gasteiger partial charge on any atom is 0.234 e. The van der Waals surface area contributed by atoms with Crippen molar-refractivity contribution >= 4 is 61.5 Å². The zero-order chi connectivity index (χ0) is 16.5. The number of thioether (sulfide) groups is 1. The molecule has 24 heavy (non-hydrogen) atoms. The van der Waals surface area contributed by atoms with E-state index in [9.17, 15) is 4.79 Å². The standard InChI is InChI=1S/C17H14N4OS2/c18-11-2-4-13-15(7-11)24-17(21-13)23-9-16(22)20-12-3-1-10-5-6-19-14(10)8-12/h1-8,19H,9,18H2,(H,20,22). The van der Waals surface area contributed by atoms with Crippen molar-refractivity contribution in [3.63, 3.8) is 0 Å². The molecule has 0 aliphatic rings.